The zero-order chi connectivity index (χ0) is 17.7. The summed E-state index contributed by atoms with van der Waals surface area (Å²) in [5.41, 5.74) is 0.395. The van der Waals surface area contributed by atoms with Gasteiger partial charge in [-0.3, -0.25) is 9.59 Å². The molecule has 1 aliphatic heterocycles. The number of rotatable bonds is 5. The maximum atomic E-state index is 12.4. The van der Waals surface area contributed by atoms with Crippen LogP contribution in [0.5, 0.6) is 0 Å². The van der Waals surface area contributed by atoms with Crippen molar-refractivity contribution >= 4 is 11.8 Å². The predicted octanol–water partition coefficient (Wildman–Crippen LogP) is 1.70. The highest BCUT2D eigenvalue weighted by Gasteiger charge is 2.38. The highest BCUT2D eigenvalue weighted by atomic mass is 16.3. The zero-order valence-corrected chi connectivity index (χ0v) is 14.9. The summed E-state index contributed by atoms with van der Waals surface area (Å²) in [7, 11) is 3.39. The summed E-state index contributed by atoms with van der Waals surface area (Å²) in [6.07, 6.45) is 1.78. The molecule has 132 valence electrons. The molecule has 2 rings (SSSR count). The minimum Gasteiger partial charge on any atom is -0.390 e. The first-order valence-electron chi connectivity index (χ1n) is 8.54. The molecular formula is C19H28N2O3. The van der Waals surface area contributed by atoms with E-state index >= 15 is 0 Å². The summed E-state index contributed by atoms with van der Waals surface area (Å²) in [4.78, 5) is 27.4. The van der Waals surface area contributed by atoms with E-state index in [1.54, 1.807) is 19.0 Å². The molecule has 1 N–H and O–H groups in total. The number of aliphatic hydroxyl groups is 1. The molecule has 0 spiro atoms. The number of hydrogen-bond donors (Lipinski definition) is 1. The molecule has 24 heavy (non-hydrogen) atoms. The lowest BCUT2D eigenvalue weighted by Crippen LogP contribution is -2.52. The van der Waals surface area contributed by atoms with Crippen molar-refractivity contribution in [3.8, 4) is 0 Å². The summed E-state index contributed by atoms with van der Waals surface area (Å²) in [5, 5.41) is 10.7. The molecule has 0 aliphatic carbocycles. The van der Waals surface area contributed by atoms with Crippen molar-refractivity contribution in [2.45, 2.75) is 38.2 Å². The Morgan fingerprint density at radius 3 is 2.54 bits per heavy atom. The van der Waals surface area contributed by atoms with Gasteiger partial charge < -0.3 is 14.9 Å². The van der Waals surface area contributed by atoms with Crippen molar-refractivity contribution in [2.24, 2.45) is 5.92 Å². The largest absolute Gasteiger partial charge is 0.390 e. The van der Waals surface area contributed by atoms with Gasteiger partial charge >= 0.3 is 0 Å². The highest BCUT2D eigenvalue weighted by Crippen LogP contribution is 2.30. The standard InChI is InChI=1S/C19H28N2O3/c1-19(24)11-12-21(18(23)10-9-17(22)20(2)3)14-16(19)13-15-7-5-4-6-8-15/h4-8,16,24H,9-14H2,1-3H3/t16-,19+/m0/s1. The smallest absolute Gasteiger partial charge is 0.223 e. The van der Waals surface area contributed by atoms with E-state index in [2.05, 4.69) is 0 Å². The van der Waals surface area contributed by atoms with Gasteiger partial charge in [-0.15, -0.1) is 0 Å². The Kier molecular flexibility index (Phi) is 5.99. The Morgan fingerprint density at radius 2 is 1.92 bits per heavy atom. The first kappa shape index (κ1) is 18.5. The van der Waals surface area contributed by atoms with Gasteiger partial charge in [-0.05, 0) is 25.3 Å². The summed E-state index contributed by atoms with van der Waals surface area (Å²) < 4.78 is 0. The lowest BCUT2D eigenvalue weighted by atomic mass is 9.78. The number of carbonyl (C=O) groups excluding carboxylic acids is 2. The average molecular weight is 332 g/mol. The van der Waals surface area contributed by atoms with E-state index in [-0.39, 0.29) is 30.6 Å². The molecule has 1 aromatic rings. The Hall–Kier alpha value is -1.88. The lowest BCUT2D eigenvalue weighted by Gasteiger charge is -2.43. The van der Waals surface area contributed by atoms with E-state index in [1.807, 2.05) is 37.3 Å². The normalized spacial score (nSPS) is 23.8. The number of nitrogens with zero attached hydrogens (tertiary/aromatic N) is 2. The van der Waals surface area contributed by atoms with Crippen LogP contribution in [0.3, 0.4) is 0 Å². The van der Waals surface area contributed by atoms with Crippen LogP contribution in [0.25, 0.3) is 0 Å². The molecule has 5 heteroatoms. The summed E-state index contributed by atoms with van der Waals surface area (Å²) >= 11 is 0. The van der Waals surface area contributed by atoms with Crippen molar-refractivity contribution in [1.82, 2.24) is 9.80 Å². The highest BCUT2D eigenvalue weighted by molar-refractivity contribution is 5.83. The Balaban J connectivity index is 1.96. The molecular weight excluding hydrogens is 304 g/mol. The van der Waals surface area contributed by atoms with Gasteiger partial charge in [0.1, 0.15) is 0 Å². The van der Waals surface area contributed by atoms with Crippen LogP contribution in [-0.4, -0.2) is 59.5 Å². The van der Waals surface area contributed by atoms with E-state index in [0.29, 0.717) is 19.5 Å². The van der Waals surface area contributed by atoms with Gasteiger partial charge in [0.15, 0.2) is 0 Å². The van der Waals surface area contributed by atoms with E-state index < -0.39 is 5.60 Å². The second kappa shape index (κ2) is 7.79. The summed E-state index contributed by atoms with van der Waals surface area (Å²) in [6.45, 7) is 2.95. The summed E-state index contributed by atoms with van der Waals surface area (Å²) in [6, 6.07) is 10.0. The number of piperidine rings is 1. The Labute approximate surface area is 144 Å². The monoisotopic (exact) mass is 332 g/mol. The zero-order valence-electron chi connectivity index (χ0n) is 14.9. The molecule has 0 aromatic heterocycles. The van der Waals surface area contributed by atoms with Gasteiger partial charge in [0.25, 0.3) is 0 Å². The molecule has 0 saturated carbocycles. The van der Waals surface area contributed by atoms with Crippen molar-refractivity contribution in [1.29, 1.82) is 0 Å². The minimum absolute atomic E-state index is 0.00115. The van der Waals surface area contributed by atoms with Crippen LogP contribution >= 0.6 is 0 Å². The molecule has 1 heterocycles. The first-order chi connectivity index (χ1) is 11.3. The number of amides is 2. The lowest BCUT2D eigenvalue weighted by molar-refractivity contribution is -0.141. The predicted molar refractivity (Wildman–Crippen MR) is 93.4 cm³/mol. The van der Waals surface area contributed by atoms with Crippen LogP contribution in [0.4, 0.5) is 0 Å². The third kappa shape index (κ3) is 4.81. The van der Waals surface area contributed by atoms with Gasteiger partial charge in [-0.2, -0.15) is 0 Å². The van der Waals surface area contributed by atoms with Gasteiger partial charge in [0, 0.05) is 45.9 Å². The maximum absolute atomic E-state index is 12.4. The second-order valence-electron chi connectivity index (χ2n) is 7.12. The SMILES string of the molecule is CN(C)C(=O)CCC(=O)N1CC[C@@](C)(O)[C@@H](Cc2ccccc2)C1. The maximum Gasteiger partial charge on any atom is 0.223 e. The third-order valence-electron chi connectivity index (χ3n) is 4.94. The fourth-order valence-corrected chi connectivity index (χ4v) is 3.12. The third-order valence-corrected chi connectivity index (χ3v) is 4.94. The molecule has 1 fully saturated rings. The molecule has 0 unspecified atom stereocenters. The van der Waals surface area contributed by atoms with E-state index in [9.17, 15) is 14.7 Å². The van der Waals surface area contributed by atoms with Gasteiger partial charge in [-0.25, -0.2) is 0 Å². The fourth-order valence-electron chi connectivity index (χ4n) is 3.12. The van der Waals surface area contributed by atoms with Crippen molar-refractivity contribution in [2.75, 3.05) is 27.2 Å². The number of benzene rings is 1. The van der Waals surface area contributed by atoms with Crippen LogP contribution < -0.4 is 0 Å². The minimum atomic E-state index is -0.772. The quantitative estimate of drug-likeness (QED) is 0.893. The van der Waals surface area contributed by atoms with Crippen LogP contribution in [0, 0.1) is 5.92 Å². The van der Waals surface area contributed by atoms with Crippen LogP contribution in [0.1, 0.15) is 31.7 Å². The van der Waals surface area contributed by atoms with Crippen LogP contribution in [0.15, 0.2) is 30.3 Å². The van der Waals surface area contributed by atoms with Crippen molar-refractivity contribution in [3.63, 3.8) is 0 Å². The van der Waals surface area contributed by atoms with Crippen molar-refractivity contribution in [3.05, 3.63) is 35.9 Å². The van der Waals surface area contributed by atoms with E-state index in [1.165, 1.54) is 10.5 Å². The molecule has 5 nitrogen and oxygen atoms in total. The average Bonchev–Trinajstić information content (AvgIpc) is 2.55. The van der Waals surface area contributed by atoms with Crippen molar-refractivity contribution < 1.29 is 14.7 Å². The fraction of sp³-hybridized carbons (Fsp3) is 0.579. The Bertz CT molecular complexity index is 569. The molecule has 0 radical (unpaired) electrons. The molecule has 1 saturated heterocycles. The van der Waals surface area contributed by atoms with Crippen LogP contribution in [-0.2, 0) is 16.0 Å². The van der Waals surface area contributed by atoms with E-state index in [4.69, 9.17) is 0 Å². The molecule has 0 bridgehead atoms. The summed E-state index contributed by atoms with van der Waals surface area (Å²) in [5.74, 6) is -0.0332. The number of likely N-dealkylation sites (tertiary alicyclic amines) is 1. The van der Waals surface area contributed by atoms with Gasteiger partial charge in [-0.1, -0.05) is 30.3 Å². The second-order valence-corrected chi connectivity index (χ2v) is 7.12. The molecule has 1 aliphatic rings. The van der Waals surface area contributed by atoms with Gasteiger partial charge in [0.05, 0.1) is 5.60 Å². The van der Waals surface area contributed by atoms with Crippen LogP contribution in [0.2, 0.25) is 0 Å². The number of carbonyl (C=O) groups is 2. The molecule has 2 atom stereocenters. The molecule has 1 aromatic carbocycles. The van der Waals surface area contributed by atoms with Gasteiger partial charge in [0.2, 0.25) is 11.8 Å². The molecule has 2 amide bonds. The number of hydrogen-bond acceptors (Lipinski definition) is 3. The Morgan fingerprint density at radius 1 is 1.25 bits per heavy atom. The first-order valence-corrected chi connectivity index (χ1v) is 8.54. The topological polar surface area (TPSA) is 60.9 Å². The van der Waals surface area contributed by atoms with E-state index in [0.717, 1.165) is 6.42 Å².